The lowest BCUT2D eigenvalue weighted by Gasteiger charge is -2.26. The van der Waals surface area contributed by atoms with Crippen LogP contribution < -0.4 is 5.32 Å². The summed E-state index contributed by atoms with van der Waals surface area (Å²) in [6, 6.07) is 16.9. The predicted octanol–water partition coefficient (Wildman–Crippen LogP) is 2.64. The van der Waals surface area contributed by atoms with E-state index < -0.39 is 0 Å². The van der Waals surface area contributed by atoms with Crippen LogP contribution in [0.25, 0.3) is 11.1 Å². The molecule has 130 valence electrons. The molecule has 0 aromatic heterocycles. The molecule has 4 nitrogen and oxygen atoms in total. The van der Waals surface area contributed by atoms with Crippen molar-refractivity contribution in [3.05, 3.63) is 59.7 Å². The number of carbonyl (C=O) groups is 1. The van der Waals surface area contributed by atoms with Gasteiger partial charge in [0, 0.05) is 38.5 Å². The van der Waals surface area contributed by atoms with Crippen molar-refractivity contribution in [2.24, 2.45) is 0 Å². The van der Waals surface area contributed by atoms with Gasteiger partial charge in [-0.05, 0) is 22.3 Å². The lowest BCUT2D eigenvalue weighted by atomic mass is 9.93. The van der Waals surface area contributed by atoms with Crippen molar-refractivity contribution in [1.82, 2.24) is 10.2 Å². The van der Waals surface area contributed by atoms with Crippen molar-refractivity contribution < 1.29 is 9.53 Å². The van der Waals surface area contributed by atoms with E-state index in [1.807, 2.05) is 0 Å². The van der Waals surface area contributed by atoms with Gasteiger partial charge in [-0.3, -0.25) is 9.69 Å². The van der Waals surface area contributed by atoms with Crippen LogP contribution in [0, 0.1) is 0 Å². The Hall–Kier alpha value is -2.17. The van der Waals surface area contributed by atoms with Crippen LogP contribution in [0.2, 0.25) is 0 Å². The van der Waals surface area contributed by atoms with Crippen LogP contribution >= 0.6 is 0 Å². The largest absolute Gasteiger partial charge is 0.379 e. The zero-order valence-electron chi connectivity index (χ0n) is 14.4. The third kappa shape index (κ3) is 3.46. The Bertz CT molecular complexity index is 708. The molecule has 0 radical (unpaired) electrons. The van der Waals surface area contributed by atoms with E-state index >= 15 is 0 Å². The molecule has 1 aliphatic heterocycles. The second-order valence-electron chi connectivity index (χ2n) is 6.74. The first-order valence-electron chi connectivity index (χ1n) is 9.08. The summed E-state index contributed by atoms with van der Waals surface area (Å²) < 4.78 is 5.35. The maximum atomic E-state index is 12.5. The van der Waals surface area contributed by atoms with Gasteiger partial charge in [-0.1, -0.05) is 48.5 Å². The third-order valence-electron chi connectivity index (χ3n) is 5.21. The van der Waals surface area contributed by atoms with E-state index in [4.69, 9.17) is 4.74 Å². The molecule has 1 heterocycles. The third-order valence-corrected chi connectivity index (χ3v) is 5.21. The van der Waals surface area contributed by atoms with Gasteiger partial charge in [0.25, 0.3) is 0 Å². The van der Waals surface area contributed by atoms with Gasteiger partial charge in [0.1, 0.15) is 0 Å². The monoisotopic (exact) mass is 336 g/mol. The van der Waals surface area contributed by atoms with Gasteiger partial charge >= 0.3 is 0 Å². The van der Waals surface area contributed by atoms with Crippen molar-refractivity contribution in [2.45, 2.75) is 12.3 Å². The molecule has 25 heavy (non-hydrogen) atoms. The van der Waals surface area contributed by atoms with Crippen LogP contribution in [0.15, 0.2) is 48.5 Å². The fourth-order valence-electron chi connectivity index (χ4n) is 3.92. The van der Waals surface area contributed by atoms with E-state index in [9.17, 15) is 4.79 Å². The van der Waals surface area contributed by atoms with Crippen LogP contribution in [-0.4, -0.2) is 50.2 Å². The number of rotatable bonds is 5. The van der Waals surface area contributed by atoms with Gasteiger partial charge in [0.2, 0.25) is 5.91 Å². The van der Waals surface area contributed by atoms with Gasteiger partial charge in [-0.2, -0.15) is 0 Å². The number of morpholine rings is 1. The molecular weight excluding hydrogens is 312 g/mol. The van der Waals surface area contributed by atoms with Gasteiger partial charge in [0.05, 0.1) is 13.2 Å². The highest BCUT2D eigenvalue weighted by Gasteiger charge is 2.29. The number of nitrogens with zero attached hydrogens (tertiary/aromatic N) is 1. The standard InChI is InChI=1S/C21H24N2O2/c24-21(22-9-10-23-11-13-25-14-12-23)15-20-18-7-3-1-5-16(18)17-6-2-4-8-19(17)20/h1-8,20H,9-15H2,(H,22,24). The van der Waals surface area contributed by atoms with E-state index in [2.05, 4.69) is 58.7 Å². The predicted molar refractivity (Wildman–Crippen MR) is 98.6 cm³/mol. The zero-order chi connectivity index (χ0) is 17.1. The average Bonchev–Trinajstić information content (AvgIpc) is 2.97. The van der Waals surface area contributed by atoms with Crippen molar-refractivity contribution in [1.29, 1.82) is 0 Å². The van der Waals surface area contributed by atoms with Crippen molar-refractivity contribution in [3.8, 4) is 11.1 Å². The Morgan fingerprint density at radius 1 is 1.00 bits per heavy atom. The maximum absolute atomic E-state index is 12.5. The van der Waals surface area contributed by atoms with E-state index in [1.165, 1.54) is 22.3 Å². The van der Waals surface area contributed by atoms with Crippen LogP contribution in [-0.2, 0) is 9.53 Å². The van der Waals surface area contributed by atoms with Crippen molar-refractivity contribution in [3.63, 3.8) is 0 Å². The minimum Gasteiger partial charge on any atom is -0.379 e. The topological polar surface area (TPSA) is 41.6 Å². The Labute approximate surface area is 148 Å². The highest BCUT2D eigenvalue weighted by molar-refractivity contribution is 5.84. The van der Waals surface area contributed by atoms with Crippen molar-refractivity contribution >= 4 is 5.91 Å². The average molecular weight is 336 g/mol. The first-order valence-corrected chi connectivity index (χ1v) is 9.08. The first kappa shape index (κ1) is 16.3. The van der Waals surface area contributed by atoms with Gasteiger partial charge in [-0.25, -0.2) is 0 Å². The van der Waals surface area contributed by atoms with Gasteiger partial charge in [0.15, 0.2) is 0 Å². The molecule has 0 unspecified atom stereocenters. The summed E-state index contributed by atoms with van der Waals surface area (Å²) >= 11 is 0. The number of fused-ring (bicyclic) bond motifs is 3. The molecule has 0 bridgehead atoms. The minimum absolute atomic E-state index is 0.129. The molecule has 2 aromatic rings. The summed E-state index contributed by atoms with van der Waals surface area (Å²) in [6.07, 6.45) is 0.511. The zero-order valence-corrected chi connectivity index (χ0v) is 14.4. The number of hydrogen-bond acceptors (Lipinski definition) is 3. The summed E-state index contributed by atoms with van der Waals surface area (Å²) in [7, 11) is 0. The van der Waals surface area contributed by atoms with Gasteiger partial charge in [-0.15, -0.1) is 0 Å². The van der Waals surface area contributed by atoms with E-state index in [0.29, 0.717) is 13.0 Å². The number of nitrogens with one attached hydrogen (secondary N) is 1. The van der Waals surface area contributed by atoms with E-state index in [0.717, 1.165) is 32.8 Å². The number of hydrogen-bond donors (Lipinski definition) is 1. The number of benzene rings is 2. The molecule has 1 fully saturated rings. The first-order chi connectivity index (χ1) is 12.3. The quantitative estimate of drug-likeness (QED) is 0.913. The van der Waals surface area contributed by atoms with Crippen LogP contribution in [0.5, 0.6) is 0 Å². The molecule has 4 heteroatoms. The second-order valence-corrected chi connectivity index (χ2v) is 6.74. The Morgan fingerprint density at radius 3 is 2.24 bits per heavy atom. The van der Waals surface area contributed by atoms with Crippen molar-refractivity contribution in [2.75, 3.05) is 39.4 Å². The summed E-state index contributed by atoms with van der Waals surface area (Å²) in [6.45, 7) is 5.10. The van der Waals surface area contributed by atoms with E-state index in [-0.39, 0.29) is 11.8 Å². The number of ether oxygens (including phenoxy) is 1. The molecule has 0 spiro atoms. The normalized spacial score (nSPS) is 17.1. The molecule has 1 N–H and O–H groups in total. The molecule has 2 aliphatic rings. The van der Waals surface area contributed by atoms with E-state index in [1.54, 1.807) is 0 Å². The lowest BCUT2D eigenvalue weighted by molar-refractivity contribution is -0.121. The van der Waals surface area contributed by atoms with Crippen LogP contribution in [0.1, 0.15) is 23.5 Å². The molecule has 0 saturated carbocycles. The Kier molecular flexibility index (Phi) is 4.81. The molecular formula is C21H24N2O2. The SMILES string of the molecule is O=C(CC1c2ccccc2-c2ccccc21)NCCN1CCOCC1. The lowest BCUT2D eigenvalue weighted by Crippen LogP contribution is -2.41. The molecule has 1 amide bonds. The molecule has 0 atom stereocenters. The Balaban J connectivity index is 1.39. The highest BCUT2D eigenvalue weighted by Crippen LogP contribution is 2.45. The highest BCUT2D eigenvalue weighted by atomic mass is 16.5. The smallest absolute Gasteiger partial charge is 0.220 e. The minimum atomic E-state index is 0.129. The Morgan fingerprint density at radius 2 is 1.60 bits per heavy atom. The second kappa shape index (κ2) is 7.38. The number of carbonyl (C=O) groups excluding carboxylic acids is 1. The maximum Gasteiger partial charge on any atom is 0.220 e. The molecule has 4 rings (SSSR count). The molecule has 1 aliphatic carbocycles. The summed E-state index contributed by atoms with van der Waals surface area (Å²) in [5.74, 6) is 0.292. The van der Waals surface area contributed by atoms with Crippen LogP contribution in [0.3, 0.4) is 0 Å². The molecule has 2 aromatic carbocycles. The fourth-order valence-corrected chi connectivity index (χ4v) is 3.92. The summed E-state index contributed by atoms with van der Waals surface area (Å²) in [5, 5.41) is 3.10. The summed E-state index contributed by atoms with van der Waals surface area (Å²) in [4.78, 5) is 14.8. The number of amides is 1. The van der Waals surface area contributed by atoms with Crippen LogP contribution in [0.4, 0.5) is 0 Å². The fraction of sp³-hybridized carbons (Fsp3) is 0.381. The summed E-state index contributed by atoms with van der Waals surface area (Å²) in [5.41, 5.74) is 5.08. The van der Waals surface area contributed by atoms with Gasteiger partial charge < -0.3 is 10.1 Å². The molecule has 1 saturated heterocycles.